The van der Waals surface area contributed by atoms with Crippen molar-refractivity contribution in [2.45, 2.75) is 48.2 Å². The Morgan fingerprint density at radius 1 is 1.25 bits per heavy atom. The molecule has 1 rings (SSSR count). The summed E-state index contributed by atoms with van der Waals surface area (Å²) in [5.74, 6) is 0. The van der Waals surface area contributed by atoms with E-state index in [1.807, 2.05) is 0 Å². The molecule has 6 unspecified atom stereocenters. The summed E-state index contributed by atoms with van der Waals surface area (Å²) in [6, 6.07) is -0.603. The third kappa shape index (κ3) is 2.81. The highest BCUT2D eigenvalue weighted by molar-refractivity contribution is 7.99. The molecule has 96 valence electrons. The maximum atomic E-state index is 9.76. The van der Waals surface area contributed by atoms with E-state index in [-0.39, 0.29) is 0 Å². The first kappa shape index (κ1) is 14.5. The number of ether oxygens (including phenoxy) is 1. The molecule has 0 aromatic rings. The summed E-state index contributed by atoms with van der Waals surface area (Å²) in [6.45, 7) is 1.69. The van der Waals surface area contributed by atoms with Crippen molar-refractivity contribution >= 4 is 23.4 Å². The number of thioether (sulfide) groups is 1. The van der Waals surface area contributed by atoms with Crippen LogP contribution in [0.2, 0.25) is 0 Å². The lowest BCUT2D eigenvalue weighted by atomic mass is 9.94. The second kappa shape index (κ2) is 5.86. The molecule has 0 bridgehead atoms. The Bertz CT molecular complexity index is 232. The van der Waals surface area contributed by atoms with Gasteiger partial charge in [0, 0.05) is 11.4 Å². The topological polar surface area (TPSA) is 95.9 Å². The van der Waals surface area contributed by atoms with E-state index in [0.29, 0.717) is 0 Å². The monoisotopic (exact) mass is 271 g/mol. The number of rotatable bonds is 3. The first-order valence-electron chi connectivity index (χ1n) is 5.02. The Labute approximate surface area is 104 Å². The van der Waals surface area contributed by atoms with Gasteiger partial charge in [-0.25, -0.2) is 0 Å². The van der Waals surface area contributed by atoms with E-state index in [1.165, 1.54) is 11.8 Å². The summed E-state index contributed by atoms with van der Waals surface area (Å²) in [6.07, 6.45) is -2.65. The molecule has 0 radical (unpaired) electrons. The maximum Gasteiger partial charge on any atom is 0.132 e. The lowest BCUT2D eigenvalue weighted by molar-refractivity contribution is -0.202. The molecule has 0 aromatic heterocycles. The van der Waals surface area contributed by atoms with Gasteiger partial charge in [-0.1, -0.05) is 0 Å². The Morgan fingerprint density at radius 2 is 1.81 bits per heavy atom. The van der Waals surface area contributed by atoms with Crippen LogP contribution in [0.1, 0.15) is 6.92 Å². The fraction of sp³-hybridized carbons (Fsp3) is 1.00. The SMILES string of the molecule is CSC1OC([C@H](N)C(C)Cl)C(O)C(O)C1O. The number of nitrogens with two attached hydrogens (primary N) is 1. The van der Waals surface area contributed by atoms with Crippen LogP contribution in [0.4, 0.5) is 0 Å². The van der Waals surface area contributed by atoms with Gasteiger partial charge in [0.1, 0.15) is 29.9 Å². The van der Waals surface area contributed by atoms with Crippen LogP contribution >= 0.6 is 23.4 Å². The van der Waals surface area contributed by atoms with Crippen molar-refractivity contribution in [2.24, 2.45) is 5.73 Å². The Kier molecular flexibility index (Phi) is 5.31. The van der Waals surface area contributed by atoms with Crippen LogP contribution in [-0.4, -0.2) is 62.8 Å². The highest BCUT2D eigenvalue weighted by atomic mass is 35.5. The van der Waals surface area contributed by atoms with Crippen molar-refractivity contribution in [3.05, 3.63) is 0 Å². The van der Waals surface area contributed by atoms with Crippen LogP contribution in [0.15, 0.2) is 0 Å². The highest BCUT2D eigenvalue weighted by Gasteiger charge is 2.46. The molecule has 1 fully saturated rings. The van der Waals surface area contributed by atoms with Gasteiger partial charge >= 0.3 is 0 Å². The van der Waals surface area contributed by atoms with Gasteiger partial charge in [-0.05, 0) is 13.2 Å². The fourth-order valence-corrected chi connectivity index (χ4v) is 2.47. The minimum absolute atomic E-state index is 0.399. The highest BCUT2D eigenvalue weighted by Crippen LogP contribution is 2.29. The molecule has 16 heavy (non-hydrogen) atoms. The molecule has 1 saturated heterocycles. The Balaban J connectivity index is 2.78. The van der Waals surface area contributed by atoms with E-state index >= 15 is 0 Å². The largest absolute Gasteiger partial charge is 0.388 e. The summed E-state index contributed by atoms with van der Waals surface area (Å²) in [5.41, 5.74) is 5.18. The van der Waals surface area contributed by atoms with Gasteiger partial charge in [-0.3, -0.25) is 0 Å². The van der Waals surface area contributed by atoms with Crippen molar-refractivity contribution in [1.82, 2.24) is 0 Å². The second-order valence-corrected chi connectivity index (χ2v) is 5.56. The van der Waals surface area contributed by atoms with Gasteiger partial charge in [-0.2, -0.15) is 0 Å². The first-order chi connectivity index (χ1) is 7.40. The molecule has 7 atom stereocenters. The summed E-state index contributed by atoms with van der Waals surface area (Å²) < 4.78 is 5.45. The zero-order valence-corrected chi connectivity index (χ0v) is 10.7. The van der Waals surface area contributed by atoms with Crippen LogP contribution in [0.3, 0.4) is 0 Å². The summed E-state index contributed by atoms with van der Waals surface area (Å²) in [4.78, 5) is 0. The summed E-state index contributed by atoms with van der Waals surface area (Å²) >= 11 is 7.09. The Morgan fingerprint density at radius 3 is 2.25 bits per heavy atom. The van der Waals surface area contributed by atoms with Gasteiger partial charge in [-0.15, -0.1) is 23.4 Å². The molecule has 5 nitrogen and oxygen atoms in total. The van der Waals surface area contributed by atoms with Crippen molar-refractivity contribution in [3.8, 4) is 0 Å². The van der Waals surface area contributed by atoms with Crippen LogP contribution in [0, 0.1) is 0 Å². The van der Waals surface area contributed by atoms with Crippen molar-refractivity contribution < 1.29 is 20.1 Å². The van der Waals surface area contributed by atoms with Crippen LogP contribution < -0.4 is 5.73 Å². The molecule has 1 aliphatic rings. The molecule has 7 heteroatoms. The molecule has 0 spiro atoms. The van der Waals surface area contributed by atoms with Gasteiger partial charge in [0.25, 0.3) is 0 Å². The molecule has 0 saturated carbocycles. The number of aliphatic hydroxyl groups excluding tert-OH is 3. The van der Waals surface area contributed by atoms with Crippen LogP contribution in [0.5, 0.6) is 0 Å². The van der Waals surface area contributed by atoms with Crippen LogP contribution in [-0.2, 0) is 4.74 Å². The molecule has 1 aliphatic heterocycles. The summed E-state index contributed by atoms with van der Waals surface area (Å²) in [7, 11) is 0. The minimum atomic E-state index is -1.27. The van der Waals surface area contributed by atoms with E-state index in [4.69, 9.17) is 22.1 Å². The molecule has 0 amide bonds. The number of aliphatic hydroxyl groups is 3. The first-order valence-corrected chi connectivity index (χ1v) is 6.74. The summed E-state index contributed by atoms with van der Waals surface area (Å²) in [5, 5.41) is 28.6. The lowest BCUT2D eigenvalue weighted by Crippen LogP contribution is -2.62. The van der Waals surface area contributed by atoms with E-state index in [0.717, 1.165) is 0 Å². The van der Waals surface area contributed by atoms with Gasteiger partial charge in [0.15, 0.2) is 0 Å². The van der Waals surface area contributed by atoms with E-state index in [9.17, 15) is 15.3 Å². The molecular formula is C9H18ClNO4S. The van der Waals surface area contributed by atoms with Crippen molar-refractivity contribution in [2.75, 3.05) is 6.26 Å². The molecule has 5 N–H and O–H groups in total. The van der Waals surface area contributed by atoms with E-state index < -0.39 is 41.3 Å². The fourth-order valence-electron chi connectivity index (χ4n) is 1.65. The molecule has 0 aliphatic carbocycles. The number of hydrogen-bond donors (Lipinski definition) is 4. The molecule has 1 heterocycles. The average Bonchev–Trinajstić information content (AvgIpc) is 2.25. The average molecular weight is 272 g/mol. The minimum Gasteiger partial charge on any atom is -0.388 e. The second-order valence-electron chi connectivity index (χ2n) is 3.93. The van der Waals surface area contributed by atoms with Crippen molar-refractivity contribution in [1.29, 1.82) is 0 Å². The lowest BCUT2D eigenvalue weighted by Gasteiger charge is -2.42. The number of hydrogen-bond acceptors (Lipinski definition) is 6. The van der Waals surface area contributed by atoms with E-state index in [1.54, 1.807) is 13.2 Å². The maximum absolute atomic E-state index is 9.76. The zero-order chi connectivity index (χ0) is 12.5. The molecular weight excluding hydrogens is 254 g/mol. The number of alkyl halides is 1. The zero-order valence-electron chi connectivity index (χ0n) is 9.15. The quantitative estimate of drug-likeness (QED) is 0.498. The van der Waals surface area contributed by atoms with Crippen molar-refractivity contribution in [3.63, 3.8) is 0 Å². The smallest absolute Gasteiger partial charge is 0.132 e. The third-order valence-corrected chi connectivity index (χ3v) is 3.89. The predicted molar refractivity (Wildman–Crippen MR) is 63.5 cm³/mol. The van der Waals surface area contributed by atoms with E-state index in [2.05, 4.69) is 0 Å². The standard InChI is InChI=1S/C9H18ClNO4S/c1-3(10)4(11)8-6(13)5(12)7(14)9(15-8)16-2/h3-9,12-14H,11H2,1-2H3/t3?,4-,5?,6?,7?,8?,9?/m1/s1. The predicted octanol–water partition coefficient (Wildman–Crippen LogP) is -0.888. The molecule has 0 aromatic carbocycles. The van der Waals surface area contributed by atoms with Gasteiger partial charge in [0.2, 0.25) is 0 Å². The van der Waals surface area contributed by atoms with Crippen LogP contribution in [0.25, 0.3) is 0 Å². The van der Waals surface area contributed by atoms with Gasteiger partial charge in [0.05, 0.1) is 0 Å². The Hall–Kier alpha value is 0.440. The number of halogens is 1. The van der Waals surface area contributed by atoms with Gasteiger partial charge < -0.3 is 25.8 Å². The normalized spacial score (nSPS) is 44.1. The third-order valence-electron chi connectivity index (χ3n) is 2.75.